The molecule has 2 aliphatic carbocycles. The summed E-state index contributed by atoms with van der Waals surface area (Å²) >= 11 is 0. The first kappa shape index (κ1) is 13.6. The van der Waals surface area contributed by atoms with E-state index in [2.05, 4.69) is 10.5 Å². The number of nitrogens with zero attached hydrogens (tertiary/aromatic N) is 1. The average Bonchev–Trinajstić information content (AvgIpc) is 2.98. The molecular weight excluding hydrogens is 276 g/mol. The van der Waals surface area contributed by atoms with Crippen LogP contribution in [0.5, 0.6) is 0 Å². The maximum Gasteiger partial charge on any atom is 0.232 e. The van der Waals surface area contributed by atoms with E-state index in [1.54, 1.807) is 0 Å². The Morgan fingerprint density at radius 2 is 1.91 bits per heavy atom. The number of hydrogen-bond donors (Lipinski definition) is 1. The monoisotopic (exact) mass is 296 g/mol. The lowest BCUT2D eigenvalue weighted by Gasteiger charge is -2.17. The lowest BCUT2D eigenvalue weighted by molar-refractivity contribution is -0.124. The van der Waals surface area contributed by atoms with E-state index in [9.17, 15) is 4.79 Å². The fraction of sp³-hybridized carbons (Fsp3) is 0.444. The Balaban J connectivity index is 1.54. The molecule has 0 unspecified atom stereocenters. The highest BCUT2D eigenvalue weighted by atomic mass is 16.5. The lowest BCUT2D eigenvalue weighted by atomic mass is 9.99. The number of benzene rings is 1. The minimum atomic E-state index is -0.445. The van der Waals surface area contributed by atoms with Crippen molar-refractivity contribution in [1.82, 2.24) is 10.5 Å². The van der Waals surface area contributed by atoms with Crippen molar-refractivity contribution in [2.45, 2.75) is 50.0 Å². The fourth-order valence-electron chi connectivity index (χ4n) is 3.36. The van der Waals surface area contributed by atoms with Crippen LogP contribution < -0.4 is 5.32 Å². The van der Waals surface area contributed by atoms with Crippen molar-refractivity contribution in [3.63, 3.8) is 0 Å². The minimum Gasteiger partial charge on any atom is -0.356 e. The van der Waals surface area contributed by atoms with Crippen LogP contribution in [0.2, 0.25) is 0 Å². The van der Waals surface area contributed by atoms with Crippen LogP contribution in [-0.2, 0) is 10.2 Å². The van der Waals surface area contributed by atoms with Gasteiger partial charge in [-0.25, -0.2) is 0 Å². The highest BCUT2D eigenvalue weighted by Crippen LogP contribution is 2.48. The Morgan fingerprint density at radius 3 is 2.59 bits per heavy atom. The fourth-order valence-corrected chi connectivity index (χ4v) is 3.36. The van der Waals surface area contributed by atoms with Crippen LogP contribution in [0.25, 0.3) is 11.3 Å². The molecule has 0 atom stereocenters. The molecule has 1 amide bonds. The molecule has 1 aromatic heterocycles. The SMILES string of the molecule is O=C(NC1CCCC1)C1(c2cc(-c3ccccc3)on2)CC1. The highest BCUT2D eigenvalue weighted by molar-refractivity contribution is 5.91. The van der Waals surface area contributed by atoms with Crippen molar-refractivity contribution in [3.05, 3.63) is 42.1 Å². The summed E-state index contributed by atoms with van der Waals surface area (Å²) in [6.07, 6.45) is 6.39. The van der Waals surface area contributed by atoms with E-state index in [0.29, 0.717) is 6.04 Å². The Labute approximate surface area is 129 Å². The first-order valence-corrected chi connectivity index (χ1v) is 8.11. The summed E-state index contributed by atoms with van der Waals surface area (Å²) in [5.41, 5.74) is 1.33. The van der Waals surface area contributed by atoms with Crippen LogP contribution in [-0.4, -0.2) is 17.1 Å². The van der Waals surface area contributed by atoms with Gasteiger partial charge in [0.2, 0.25) is 5.91 Å². The number of aromatic nitrogens is 1. The maximum absolute atomic E-state index is 12.6. The molecule has 2 aromatic rings. The quantitative estimate of drug-likeness (QED) is 0.940. The molecule has 4 heteroatoms. The lowest BCUT2D eigenvalue weighted by Crippen LogP contribution is -2.40. The predicted octanol–water partition coefficient (Wildman–Crippen LogP) is 3.43. The van der Waals surface area contributed by atoms with Gasteiger partial charge in [0.1, 0.15) is 0 Å². The Bertz CT molecular complexity index is 667. The summed E-state index contributed by atoms with van der Waals surface area (Å²) < 4.78 is 5.47. The van der Waals surface area contributed by atoms with Crippen LogP contribution in [0, 0.1) is 0 Å². The zero-order chi connectivity index (χ0) is 15.0. The third-order valence-electron chi connectivity index (χ3n) is 4.93. The number of amides is 1. The van der Waals surface area contributed by atoms with Crippen LogP contribution in [0.15, 0.2) is 40.9 Å². The molecule has 22 heavy (non-hydrogen) atoms. The van der Waals surface area contributed by atoms with Crippen LogP contribution in [0.4, 0.5) is 0 Å². The summed E-state index contributed by atoms with van der Waals surface area (Å²) in [4.78, 5) is 12.6. The predicted molar refractivity (Wildman–Crippen MR) is 83.2 cm³/mol. The summed E-state index contributed by atoms with van der Waals surface area (Å²) in [6.45, 7) is 0. The summed E-state index contributed by atoms with van der Waals surface area (Å²) in [7, 11) is 0. The van der Waals surface area contributed by atoms with Gasteiger partial charge in [0.05, 0.1) is 11.1 Å². The molecule has 4 rings (SSSR count). The van der Waals surface area contributed by atoms with E-state index in [-0.39, 0.29) is 5.91 Å². The van der Waals surface area contributed by atoms with Gasteiger partial charge in [-0.05, 0) is 25.7 Å². The van der Waals surface area contributed by atoms with Gasteiger partial charge >= 0.3 is 0 Å². The molecule has 114 valence electrons. The number of rotatable bonds is 4. The third kappa shape index (κ3) is 2.32. The van der Waals surface area contributed by atoms with Gasteiger partial charge in [-0.15, -0.1) is 0 Å². The Kier molecular flexibility index (Phi) is 3.25. The molecule has 1 heterocycles. The van der Waals surface area contributed by atoms with Crippen LogP contribution >= 0.6 is 0 Å². The Morgan fingerprint density at radius 1 is 1.18 bits per heavy atom. The van der Waals surface area contributed by atoms with E-state index < -0.39 is 5.41 Å². The number of nitrogens with one attached hydrogen (secondary N) is 1. The standard InChI is InChI=1S/C18H20N2O2/c21-17(19-14-8-4-5-9-14)18(10-11-18)16-12-15(22-20-16)13-6-2-1-3-7-13/h1-3,6-7,12,14H,4-5,8-11H2,(H,19,21). The molecule has 2 fully saturated rings. The van der Waals surface area contributed by atoms with E-state index >= 15 is 0 Å². The largest absolute Gasteiger partial charge is 0.356 e. The second-order valence-electron chi connectivity index (χ2n) is 6.48. The maximum atomic E-state index is 12.6. The van der Waals surface area contributed by atoms with Gasteiger partial charge in [-0.3, -0.25) is 4.79 Å². The van der Waals surface area contributed by atoms with Gasteiger partial charge in [0.15, 0.2) is 5.76 Å². The zero-order valence-electron chi connectivity index (χ0n) is 12.5. The third-order valence-corrected chi connectivity index (χ3v) is 4.93. The molecule has 0 saturated heterocycles. The first-order chi connectivity index (χ1) is 10.8. The van der Waals surface area contributed by atoms with Crippen molar-refractivity contribution in [3.8, 4) is 11.3 Å². The summed E-state index contributed by atoms with van der Waals surface area (Å²) in [5.74, 6) is 0.864. The van der Waals surface area contributed by atoms with Crippen molar-refractivity contribution in [1.29, 1.82) is 0 Å². The van der Waals surface area contributed by atoms with Gasteiger partial charge < -0.3 is 9.84 Å². The number of hydrogen-bond acceptors (Lipinski definition) is 3. The average molecular weight is 296 g/mol. The zero-order valence-corrected chi connectivity index (χ0v) is 12.5. The topological polar surface area (TPSA) is 55.1 Å². The van der Waals surface area contributed by atoms with Crippen molar-refractivity contribution < 1.29 is 9.32 Å². The normalized spacial score (nSPS) is 20.0. The van der Waals surface area contributed by atoms with E-state index in [4.69, 9.17) is 4.52 Å². The Hall–Kier alpha value is -2.10. The molecule has 2 saturated carbocycles. The van der Waals surface area contributed by atoms with Crippen LogP contribution in [0.1, 0.15) is 44.2 Å². The molecule has 0 bridgehead atoms. The van der Waals surface area contributed by atoms with E-state index in [1.165, 1.54) is 12.8 Å². The van der Waals surface area contributed by atoms with Crippen molar-refractivity contribution in [2.24, 2.45) is 0 Å². The highest BCUT2D eigenvalue weighted by Gasteiger charge is 2.54. The second kappa shape index (κ2) is 5.27. The van der Waals surface area contributed by atoms with Gasteiger partial charge in [0.25, 0.3) is 0 Å². The molecule has 2 aliphatic rings. The molecule has 0 aliphatic heterocycles. The van der Waals surface area contributed by atoms with Gasteiger partial charge in [-0.1, -0.05) is 48.3 Å². The summed E-state index contributed by atoms with van der Waals surface area (Å²) in [5, 5.41) is 7.40. The van der Waals surface area contributed by atoms with Crippen molar-refractivity contribution >= 4 is 5.91 Å². The molecule has 0 radical (unpaired) electrons. The smallest absolute Gasteiger partial charge is 0.232 e. The van der Waals surface area contributed by atoms with Crippen molar-refractivity contribution in [2.75, 3.05) is 0 Å². The molecular formula is C18H20N2O2. The van der Waals surface area contributed by atoms with Gasteiger partial charge in [-0.2, -0.15) is 0 Å². The first-order valence-electron chi connectivity index (χ1n) is 8.11. The van der Waals surface area contributed by atoms with E-state index in [0.717, 1.165) is 42.7 Å². The molecule has 1 N–H and O–H groups in total. The second-order valence-corrected chi connectivity index (χ2v) is 6.48. The van der Waals surface area contributed by atoms with Crippen LogP contribution in [0.3, 0.4) is 0 Å². The van der Waals surface area contributed by atoms with E-state index in [1.807, 2.05) is 36.4 Å². The molecule has 1 aromatic carbocycles. The number of carbonyl (C=O) groups excluding carboxylic acids is 1. The molecule has 4 nitrogen and oxygen atoms in total. The number of carbonyl (C=O) groups is 1. The summed E-state index contributed by atoms with van der Waals surface area (Å²) in [6, 6.07) is 12.2. The van der Waals surface area contributed by atoms with Gasteiger partial charge in [0, 0.05) is 17.7 Å². The molecule has 0 spiro atoms. The minimum absolute atomic E-state index is 0.132.